The topological polar surface area (TPSA) is 84.9 Å². The number of anilines is 1. The van der Waals surface area contributed by atoms with E-state index < -0.39 is 10.0 Å². The third-order valence-corrected chi connectivity index (χ3v) is 5.74. The Labute approximate surface area is 180 Å². The average molecular weight is 485 g/mol. The van der Waals surface area contributed by atoms with Crippen molar-refractivity contribution in [2.24, 2.45) is 0 Å². The molecule has 7 nitrogen and oxygen atoms in total. The third-order valence-electron chi connectivity index (χ3n) is 4.01. The van der Waals surface area contributed by atoms with Gasteiger partial charge in [0.2, 0.25) is 15.9 Å². The second-order valence-corrected chi connectivity index (χ2v) is 9.11. The lowest BCUT2D eigenvalue weighted by Crippen LogP contribution is -2.32. The van der Waals surface area contributed by atoms with Crippen LogP contribution in [0.3, 0.4) is 0 Å². The van der Waals surface area contributed by atoms with Gasteiger partial charge in [-0.2, -0.15) is 0 Å². The molecule has 0 aliphatic carbocycles. The number of carbonyl (C=O) groups is 1. The van der Waals surface area contributed by atoms with Gasteiger partial charge in [-0.15, -0.1) is 0 Å². The Balaban J connectivity index is 1.74. The van der Waals surface area contributed by atoms with Gasteiger partial charge < -0.3 is 14.8 Å². The molecule has 0 radical (unpaired) electrons. The summed E-state index contributed by atoms with van der Waals surface area (Å²) in [6.07, 6.45) is 1.79. The number of sulfonamides is 1. The van der Waals surface area contributed by atoms with Crippen LogP contribution in [-0.2, 0) is 14.8 Å². The monoisotopic (exact) mass is 484 g/mol. The first-order valence-electron chi connectivity index (χ1n) is 9.06. The summed E-state index contributed by atoms with van der Waals surface area (Å²) in [5, 5.41) is 2.77. The van der Waals surface area contributed by atoms with Gasteiger partial charge in [0.25, 0.3) is 0 Å². The molecule has 158 valence electrons. The molecule has 0 atom stereocenters. The fourth-order valence-electron chi connectivity index (χ4n) is 2.62. The Bertz CT molecular complexity index is 903. The van der Waals surface area contributed by atoms with Crippen LogP contribution in [0.15, 0.2) is 53.0 Å². The molecule has 0 aliphatic rings. The van der Waals surface area contributed by atoms with Gasteiger partial charge in [-0.3, -0.25) is 9.10 Å². The Kier molecular flexibility index (Phi) is 8.78. The smallest absolute Gasteiger partial charge is 0.232 e. The second-order valence-electron chi connectivity index (χ2n) is 6.29. The van der Waals surface area contributed by atoms with Crippen LogP contribution in [0.2, 0.25) is 0 Å². The van der Waals surface area contributed by atoms with E-state index in [1.54, 1.807) is 37.4 Å². The van der Waals surface area contributed by atoms with Gasteiger partial charge >= 0.3 is 0 Å². The molecule has 0 heterocycles. The van der Waals surface area contributed by atoms with E-state index in [1.807, 2.05) is 18.2 Å². The van der Waals surface area contributed by atoms with Gasteiger partial charge in [0.05, 0.1) is 25.6 Å². The van der Waals surface area contributed by atoms with E-state index in [0.29, 0.717) is 36.8 Å². The highest BCUT2D eigenvalue weighted by Gasteiger charge is 2.17. The maximum Gasteiger partial charge on any atom is 0.232 e. The number of hydrogen-bond acceptors (Lipinski definition) is 5. The van der Waals surface area contributed by atoms with Gasteiger partial charge in [0.15, 0.2) is 0 Å². The van der Waals surface area contributed by atoms with Gasteiger partial charge in [-0.25, -0.2) is 8.42 Å². The molecular formula is C20H25BrN2O5S. The van der Waals surface area contributed by atoms with E-state index in [-0.39, 0.29) is 18.9 Å². The number of nitrogens with one attached hydrogen (secondary N) is 1. The van der Waals surface area contributed by atoms with Crippen LogP contribution in [-0.4, -0.2) is 47.4 Å². The van der Waals surface area contributed by atoms with E-state index in [2.05, 4.69) is 21.2 Å². The lowest BCUT2D eigenvalue weighted by molar-refractivity contribution is -0.121. The summed E-state index contributed by atoms with van der Waals surface area (Å²) >= 11 is 3.33. The molecule has 9 heteroatoms. The summed E-state index contributed by atoms with van der Waals surface area (Å²) in [5.41, 5.74) is 0.572. The number of methoxy groups -OCH3 is 1. The predicted octanol–water partition coefficient (Wildman–Crippen LogP) is 3.20. The molecule has 0 aliphatic heterocycles. The molecule has 2 rings (SSSR count). The van der Waals surface area contributed by atoms with Crippen molar-refractivity contribution in [2.45, 2.75) is 12.8 Å². The number of halogens is 1. The molecule has 0 bridgehead atoms. The van der Waals surface area contributed by atoms with Gasteiger partial charge in [-0.1, -0.05) is 22.0 Å². The molecule has 0 fully saturated rings. The fraction of sp³-hybridized carbons (Fsp3) is 0.350. The van der Waals surface area contributed by atoms with Crippen LogP contribution in [0.1, 0.15) is 12.8 Å². The maximum absolute atomic E-state index is 12.1. The Morgan fingerprint density at radius 1 is 1.14 bits per heavy atom. The summed E-state index contributed by atoms with van der Waals surface area (Å²) in [4.78, 5) is 12.0. The maximum atomic E-state index is 12.1. The normalized spacial score (nSPS) is 11.0. The molecule has 0 saturated carbocycles. The summed E-state index contributed by atoms with van der Waals surface area (Å²) in [6.45, 7) is 0.917. The van der Waals surface area contributed by atoms with Gasteiger partial charge in [0.1, 0.15) is 18.1 Å². The van der Waals surface area contributed by atoms with Crippen LogP contribution < -0.4 is 19.1 Å². The zero-order valence-corrected chi connectivity index (χ0v) is 18.8. The van der Waals surface area contributed by atoms with E-state index >= 15 is 0 Å². The van der Waals surface area contributed by atoms with Crippen molar-refractivity contribution in [1.82, 2.24) is 5.32 Å². The first-order chi connectivity index (χ1) is 13.8. The number of rotatable bonds is 11. The number of nitrogens with zero attached hydrogens (tertiary/aromatic N) is 1. The van der Waals surface area contributed by atoms with Crippen LogP contribution >= 0.6 is 15.9 Å². The van der Waals surface area contributed by atoms with Crippen molar-refractivity contribution >= 4 is 37.5 Å². The van der Waals surface area contributed by atoms with Crippen LogP contribution in [0.4, 0.5) is 5.69 Å². The minimum atomic E-state index is -3.43. The quantitative estimate of drug-likeness (QED) is 0.495. The number of carbonyl (C=O) groups excluding carboxylic acids is 1. The summed E-state index contributed by atoms with van der Waals surface area (Å²) in [6, 6.07) is 14.2. The Morgan fingerprint density at radius 2 is 1.83 bits per heavy atom. The highest BCUT2D eigenvalue weighted by atomic mass is 79.9. The zero-order valence-electron chi connectivity index (χ0n) is 16.4. The first-order valence-corrected chi connectivity index (χ1v) is 11.7. The molecule has 29 heavy (non-hydrogen) atoms. The Hall–Kier alpha value is -2.26. The summed E-state index contributed by atoms with van der Waals surface area (Å²) in [7, 11) is -1.85. The van der Waals surface area contributed by atoms with Crippen molar-refractivity contribution < 1.29 is 22.7 Å². The van der Waals surface area contributed by atoms with Crippen molar-refractivity contribution in [3.63, 3.8) is 0 Å². The molecule has 1 amide bonds. The second kappa shape index (κ2) is 11.1. The molecule has 2 aromatic rings. The Morgan fingerprint density at radius 3 is 2.48 bits per heavy atom. The summed E-state index contributed by atoms with van der Waals surface area (Å²) in [5.74, 6) is 1.22. The number of ether oxygens (including phenoxy) is 2. The molecule has 2 aromatic carbocycles. The van der Waals surface area contributed by atoms with Gasteiger partial charge in [0, 0.05) is 23.5 Å². The lowest BCUT2D eigenvalue weighted by atomic mass is 10.2. The minimum Gasteiger partial charge on any atom is -0.497 e. The van der Waals surface area contributed by atoms with Crippen LogP contribution in [0.25, 0.3) is 0 Å². The molecule has 0 spiro atoms. The van der Waals surface area contributed by atoms with Gasteiger partial charge in [-0.05, 0) is 42.8 Å². The highest BCUT2D eigenvalue weighted by molar-refractivity contribution is 9.10. The molecular weight excluding hydrogens is 460 g/mol. The fourth-order valence-corrected chi connectivity index (χ4v) is 3.85. The summed E-state index contributed by atoms with van der Waals surface area (Å²) < 4.78 is 37.0. The highest BCUT2D eigenvalue weighted by Crippen LogP contribution is 2.21. The van der Waals surface area contributed by atoms with Crippen molar-refractivity contribution in [3.8, 4) is 11.5 Å². The first kappa shape index (κ1) is 23.0. The average Bonchev–Trinajstić information content (AvgIpc) is 2.69. The number of benzene rings is 2. The molecule has 0 saturated heterocycles. The SMILES string of the molecule is COc1cccc(OCCNC(=O)CCCN(c2ccc(Br)cc2)S(C)(=O)=O)c1. The van der Waals surface area contributed by atoms with Crippen LogP contribution in [0.5, 0.6) is 11.5 Å². The van der Waals surface area contributed by atoms with E-state index in [9.17, 15) is 13.2 Å². The molecule has 1 N–H and O–H groups in total. The largest absolute Gasteiger partial charge is 0.497 e. The number of hydrogen-bond donors (Lipinski definition) is 1. The predicted molar refractivity (Wildman–Crippen MR) is 117 cm³/mol. The molecule has 0 unspecified atom stereocenters. The molecule has 0 aromatic heterocycles. The van der Waals surface area contributed by atoms with E-state index in [0.717, 1.165) is 10.7 Å². The third kappa shape index (κ3) is 7.94. The van der Waals surface area contributed by atoms with Crippen molar-refractivity contribution in [3.05, 3.63) is 53.0 Å². The lowest BCUT2D eigenvalue weighted by Gasteiger charge is -2.22. The van der Waals surface area contributed by atoms with E-state index in [4.69, 9.17) is 9.47 Å². The van der Waals surface area contributed by atoms with Crippen molar-refractivity contribution in [2.75, 3.05) is 37.4 Å². The number of amides is 1. The minimum absolute atomic E-state index is 0.150. The van der Waals surface area contributed by atoms with E-state index in [1.165, 1.54) is 4.31 Å². The zero-order chi connectivity index (χ0) is 21.3. The standard InChI is InChI=1S/C20H25BrN2O5S/c1-27-18-5-3-6-19(15-18)28-14-12-22-20(24)7-4-13-23(29(2,25)26)17-10-8-16(21)9-11-17/h3,5-6,8-11,15H,4,7,12-14H2,1-2H3,(H,22,24). The van der Waals surface area contributed by atoms with Crippen LogP contribution in [0, 0.1) is 0 Å². The van der Waals surface area contributed by atoms with Crippen molar-refractivity contribution in [1.29, 1.82) is 0 Å².